The van der Waals surface area contributed by atoms with Gasteiger partial charge in [-0.1, -0.05) is 18.2 Å². The van der Waals surface area contributed by atoms with Gasteiger partial charge in [-0.2, -0.15) is 0 Å². The molecule has 1 aromatic carbocycles. The molecule has 5 nitrogen and oxygen atoms in total. The molecule has 0 saturated carbocycles. The van der Waals surface area contributed by atoms with Crippen molar-refractivity contribution in [2.45, 2.75) is 19.9 Å². The van der Waals surface area contributed by atoms with Crippen molar-refractivity contribution in [3.05, 3.63) is 48.2 Å². The van der Waals surface area contributed by atoms with Crippen LogP contribution in [0.4, 0.5) is 5.69 Å². The molecule has 2 aromatic rings. The van der Waals surface area contributed by atoms with E-state index in [1.54, 1.807) is 6.20 Å². The predicted octanol–water partition coefficient (Wildman–Crippen LogP) is 2.69. The predicted molar refractivity (Wildman–Crippen MR) is 80.0 cm³/mol. The van der Waals surface area contributed by atoms with Crippen molar-refractivity contribution in [1.29, 1.82) is 0 Å². The van der Waals surface area contributed by atoms with Crippen LogP contribution in [0.5, 0.6) is 0 Å². The molecule has 0 fully saturated rings. The van der Waals surface area contributed by atoms with E-state index in [1.165, 1.54) is 0 Å². The van der Waals surface area contributed by atoms with E-state index in [0.717, 1.165) is 11.4 Å². The van der Waals surface area contributed by atoms with E-state index in [1.807, 2.05) is 44.2 Å². The Morgan fingerprint density at radius 3 is 2.65 bits per heavy atom. The summed E-state index contributed by atoms with van der Waals surface area (Å²) in [6.45, 7) is 3.88. The Balaban J connectivity index is 0.00000200. The zero-order valence-corrected chi connectivity index (χ0v) is 12.2. The molecule has 6 heteroatoms. The first kappa shape index (κ1) is 16.0. The monoisotopic (exact) mass is 295 g/mol. The molecule has 1 atom stereocenters. The number of nitrogens with zero attached hydrogens (tertiary/aromatic N) is 1. The first-order chi connectivity index (χ1) is 9.15. The molecule has 0 aliphatic heterocycles. The van der Waals surface area contributed by atoms with Gasteiger partial charge in [0, 0.05) is 5.69 Å². The fourth-order valence-electron chi connectivity index (χ4n) is 1.66. The normalized spacial score (nSPS) is 11.3. The average Bonchev–Trinajstić information content (AvgIpc) is 2.84. The molecule has 0 radical (unpaired) electrons. The van der Waals surface area contributed by atoms with E-state index in [-0.39, 0.29) is 30.9 Å². The summed E-state index contributed by atoms with van der Waals surface area (Å²) in [6, 6.07) is 9.34. The third-order valence-corrected chi connectivity index (χ3v) is 2.61. The minimum atomic E-state index is -0.237. The van der Waals surface area contributed by atoms with Crippen LogP contribution in [-0.2, 0) is 4.79 Å². The Bertz CT molecular complexity index is 542. The fraction of sp³-hybridized carbons (Fsp3) is 0.286. The van der Waals surface area contributed by atoms with Gasteiger partial charge in [-0.25, -0.2) is 4.98 Å². The molecule has 108 valence electrons. The van der Waals surface area contributed by atoms with Crippen molar-refractivity contribution in [3.63, 3.8) is 0 Å². The fourth-order valence-corrected chi connectivity index (χ4v) is 1.66. The molecule has 1 heterocycles. The Kier molecular flexibility index (Phi) is 6.06. The first-order valence-electron chi connectivity index (χ1n) is 6.16. The number of carbonyl (C=O) groups is 1. The molecule has 0 bridgehead atoms. The van der Waals surface area contributed by atoms with Crippen LogP contribution < -0.4 is 10.6 Å². The van der Waals surface area contributed by atoms with Crippen LogP contribution in [0.15, 0.2) is 40.9 Å². The Hall–Kier alpha value is -2.01. The molecule has 1 aromatic heterocycles. The Morgan fingerprint density at radius 1 is 1.35 bits per heavy atom. The maximum Gasteiger partial charge on any atom is 0.239 e. The average molecular weight is 296 g/mol. The lowest BCUT2D eigenvalue weighted by Gasteiger charge is -2.11. The number of aromatic nitrogens is 1. The summed E-state index contributed by atoms with van der Waals surface area (Å²) < 4.78 is 5.36. The zero-order chi connectivity index (χ0) is 13.7. The minimum absolute atomic E-state index is 0. The van der Waals surface area contributed by atoms with Crippen molar-refractivity contribution >= 4 is 24.0 Å². The van der Waals surface area contributed by atoms with Gasteiger partial charge in [0.05, 0.1) is 12.7 Å². The summed E-state index contributed by atoms with van der Waals surface area (Å²) >= 11 is 0. The van der Waals surface area contributed by atoms with Gasteiger partial charge in [-0.3, -0.25) is 4.79 Å². The number of halogens is 1. The quantitative estimate of drug-likeness (QED) is 0.890. The number of aryl methyl sites for hydroxylation is 1. The van der Waals surface area contributed by atoms with Crippen molar-refractivity contribution in [2.75, 3.05) is 11.9 Å². The second-order valence-corrected chi connectivity index (χ2v) is 4.32. The second-order valence-electron chi connectivity index (χ2n) is 4.32. The lowest BCUT2D eigenvalue weighted by Crippen LogP contribution is -2.32. The molecule has 0 saturated heterocycles. The number of para-hydroxylation sites is 1. The highest BCUT2D eigenvalue weighted by molar-refractivity contribution is 5.85. The highest BCUT2D eigenvalue weighted by Crippen LogP contribution is 2.11. The van der Waals surface area contributed by atoms with E-state index < -0.39 is 0 Å². The minimum Gasteiger partial charge on any atom is -0.444 e. The summed E-state index contributed by atoms with van der Waals surface area (Å²) in [6.07, 6.45) is 1.64. The van der Waals surface area contributed by atoms with Crippen LogP contribution in [0.3, 0.4) is 0 Å². The standard InChI is InChI=1S/C14H17N3O2.ClH/c1-10-8-16-14(19-10)11(2)17-13(18)9-15-12-6-4-3-5-7-12;/h3-8,11,15H,9H2,1-2H3,(H,17,18);1H. The Labute approximate surface area is 124 Å². The van der Waals surface area contributed by atoms with Crippen LogP contribution in [-0.4, -0.2) is 17.4 Å². The molecule has 2 N–H and O–H groups in total. The number of rotatable bonds is 5. The van der Waals surface area contributed by atoms with Gasteiger partial charge in [0.15, 0.2) is 0 Å². The molecule has 0 spiro atoms. The molecular formula is C14H18ClN3O2. The largest absolute Gasteiger partial charge is 0.444 e. The number of hydrogen-bond acceptors (Lipinski definition) is 4. The number of carbonyl (C=O) groups excluding carboxylic acids is 1. The number of amides is 1. The van der Waals surface area contributed by atoms with Gasteiger partial charge < -0.3 is 15.1 Å². The van der Waals surface area contributed by atoms with Gasteiger partial charge in [-0.05, 0) is 26.0 Å². The van der Waals surface area contributed by atoms with E-state index in [9.17, 15) is 4.79 Å². The third-order valence-electron chi connectivity index (χ3n) is 2.61. The van der Waals surface area contributed by atoms with Crippen LogP contribution >= 0.6 is 12.4 Å². The number of benzene rings is 1. The van der Waals surface area contributed by atoms with Crippen LogP contribution in [0.25, 0.3) is 0 Å². The topological polar surface area (TPSA) is 67.2 Å². The van der Waals surface area contributed by atoms with Crippen molar-refractivity contribution in [3.8, 4) is 0 Å². The molecule has 0 aliphatic rings. The van der Waals surface area contributed by atoms with Gasteiger partial charge in [0.2, 0.25) is 11.8 Å². The molecule has 2 rings (SSSR count). The molecule has 1 unspecified atom stereocenters. The van der Waals surface area contributed by atoms with Crippen LogP contribution in [0.1, 0.15) is 24.6 Å². The lowest BCUT2D eigenvalue weighted by molar-refractivity contribution is -0.120. The maximum atomic E-state index is 11.8. The Morgan fingerprint density at radius 2 is 2.05 bits per heavy atom. The summed E-state index contributed by atoms with van der Waals surface area (Å²) in [5.74, 6) is 1.15. The number of nitrogens with one attached hydrogen (secondary N) is 2. The van der Waals surface area contributed by atoms with E-state index >= 15 is 0 Å². The van der Waals surface area contributed by atoms with Crippen LogP contribution in [0, 0.1) is 6.92 Å². The summed E-state index contributed by atoms with van der Waals surface area (Å²) in [5.41, 5.74) is 0.914. The number of hydrogen-bond donors (Lipinski definition) is 2. The maximum absolute atomic E-state index is 11.8. The molecule has 0 aliphatic carbocycles. The van der Waals surface area contributed by atoms with E-state index in [0.29, 0.717) is 5.89 Å². The SMILES string of the molecule is Cc1cnc(C(C)NC(=O)CNc2ccccc2)o1.Cl. The highest BCUT2D eigenvalue weighted by Gasteiger charge is 2.13. The van der Waals surface area contributed by atoms with Crippen LogP contribution in [0.2, 0.25) is 0 Å². The van der Waals surface area contributed by atoms with Gasteiger partial charge in [0.25, 0.3) is 0 Å². The lowest BCUT2D eigenvalue weighted by atomic mass is 10.3. The van der Waals surface area contributed by atoms with Crippen molar-refractivity contribution < 1.29 is 9.21 Å². The summed E-state index contributed by atoms with van der Waals surface area (Å²) in [7, 11) is 0. The summed E-state index contributed by atoms with van der Waals surface area (Å²) in [5, 5.41) is 5.87. The van der Waals surface area contributed by atoms with Gasteiger partial charge in [0.1, 0.15) is 11.8 Å². The van der Waals surface area contributed by atoms with E-state index in [2.05, 4.69) is 15.6 Å². The summed E-state index contributed by atoms with van der Waals surface area (Å²) in [4.78, 5) is 15.8. The number of oxazole rings is 1. The van der Waals surface area contributed by atoms with Gasteiger partial charge >= 0.3 is 0 Å². The molecular weight excluding hydrogens is 278 g/mol. The van der Waals surface area contributed by atoms with Gasteiger partial charge in [-0.15, -0.1) is 12.4 Å². The smallest absolute Gasteiger partial charge is 0.239 e. The zero-order valence-electron chi connectivity index (χ0n) is 11.4. The number of anilines is 1. The van der Waals surface area contributed by atoms with Crippen molar-refractivity contribution in [1.82, 2.24) is 10.3 Å². The first-order valence-corrected chi connectivity index (χ1v) is 6.16. The van der Waals surface area contributed by atoms with E-state index in [4.69, 9.17) is 4.42 Å². The third kappa shape index (κ3) is 4.59. The molecule has 20 heavy (non-hydrogen) atoms. The molecule has 1 amide bonds. The highest BCUT2D eigenvalue weighted by atomic mass is 35.5. The second kappa shape index (κ2) is 7.55. The van der Waals surface area contributed by atoms with Crippen molar-refractivity contribution in [2.24, 2.45) is 0 Å².